The van der Waals surface area contributed by atoms with E-state index in [1.54, 1.807) is 24.3 Å². The molecule has 0 aliphatic carbocycles. The molecular weight excluding hydrogens is 449 g/mol. The van der Waals surface area contributed by atoms with Gasteiger partial charge in [0.2, 0.25) is 0 Å². The van der Waals surface area contributed by atoms with Gasteiger partial charge < -0.3 is 4.74 Å². The molecule has 0 saturated heterocycles. The monoisotopic (exact) mass is 468 g/mol. The number of hydrogen-bond acceptors (Lipinski definition) is 1. The third-order valence-electron chi connectivity index (χ3n) is 4.84. The van der Waals surface area contributed by atoms with Crippen molar-refractivity contribution in [3.63, 3.8) is 0 Å². The normalized spacial score (nSPS) is 11.9. The molecule has 0 N–H and O–H groups in total. The molecule has 3 rings (SSSR count). The first kappa shape index (κ1) is 24.4. The number of unbranched alkanes of at least 4 members (excludes halogenated alkanes) is 1. The standard InChI is InChI=1S/C25H19F7O/c1-2-3-12-33-17-6-4-15(5-7-17)18-8-9-19(24(29)23(18)28)16-13-21(26)20(22(27)14-16)10-11-25(30,31)32/h4-11,13-14H,2-3,12H2,1H3. The van der Waals surface area contributed by atoms with Crippen molar-refractivity contribution in [3.05, 3.63) is 83.4 Å². The van der Waals surface area contributed by atoms with E-state index in [2.05, 4.69) is 0 Å². The van der Waals surface area contributed by atoms with Gasteiger partial charge in [-0.1, -0.05) is 37.6 Å². The fraction of sp³-hybridized carbons (Fsp3) is 0.200. The second-order valence-electron chi connectivity index (χ2n) is 7.24. The predicted octanol–water partition coefficient (Wildman–Crippen LogP) is 8.33. The topological polar surface area (TPSA) is 9.23 Å². The molecule has 3 aromatic rings. The summed E-state index contributed by atoms with van der Waals surface area (Å²) in [5.41, 5.74) is -1.42. The Morgan fingerprint density at radius 2 is 1.33 bits per heavy atom. The van der Waals surface area contributed by atoms with Crippen LogP contribution in [0.25, 0.3) is 28.3 Å². The minimum absolute atomic E-state index is 0.0676. The molecule has 0 unspecified atom stereocenters. The van der Waals surface area contributed by atoms with Gasteiger partial charge in [0.1, 0.15) is 17.4 Å². The van der Waals surface area contributed by atoms with E-state index in [4.69, 9.17) is 4.74 Å². The third kappa shape index (κ3) is 5.94. The molecular formula is C25H19F7O. The molecule has 0 bridgehead atoms. The van der Waals surface area contributed by atoms with Crippen molar-refractivity contribution in [2.45, 2.75) is 25.9 Å². The van der Waals surface area contributed by atoms with Crippen LogP contribution in [0.2, 0.25) is 0 Å². The maximum atomic E-state index is 14.8. The second-order valence-corrected chi connectivity index (χ2v) is 7.24. The van der Waals surface area contributed by atoms with Crippen LogP contribution in [0.1, 0.15) is 25.3 Å². The number of allylic oxidation sites excluding steroid dienone is 1. The van der Waals surface area contributed by atoms with Crippen LogP contribution in [0.3, 0.4) is 0 Å². The van der Waals surface area contributed by atoms with Crippen LogP contribution in [0.5, 0.6) is 5.75 Å². The molecule has 8 heteroatoms. The van der Waals surface area contributed by atoms with Crippen LogP contribution in [0.15, 0.2) is 54.6 Å². The fourth-order valence-electron chi connectivity index (χ4n) is 3.14. The lowest BCUT2D eigenvalue weighted by Crippen LogP contribution is -2.01. The molecule has 0 atom stereocenters. The van der Waals surface area contributed by atoms with Gasteiger partial charge >= 0.3 is 6.18 Å². The minimum atomic E-state index is -4.76. The third-order valence-corrected chi connectivity index (χ3v) is 4.84. The summed E-state index contributed by atoms with van der Waals surface area (Å²) >= 11 is 0. The molecule has 0 fully saturated rings. The van der Waals surface area contributed by atoms with Crippen LogP contribution >= 0.6 is 0 Å². The molecule has 174 valence electrons. The summed E-state index contributed by atoms with van der Waals surface area (Å²) in [6.07, 6.45) is -2.99. The van der Waals surface area contributed by atoms with Crippen LogP contribution in [0.4, 0.5) is 30.7 Å². The van der Waals surface area contributed by atoms with Gasteiger partial charge in [-0.25, -0.2) is 17.6 Å². The van der Waals surface area contributed by atoms with Gasteiger partial charge in [0, 0.05) is 22.8 Å². The average molecular weight is 468 g/mol. The second kappa shape index (κ2) is 10.1. The zero-order valence-electron chi connectivity index (χ0n) is 17.4. The first-order valence-corrected chi connectivity index (χ1v) is 10.1. The molecule has 0 heterocycles. The lowest BCUT2D eigenvalue weighted by atomic mass is 9.97. The first-order chi connectivity index (χ1) is 15.6. The smallest absolute Gasteiger partial charge is 0.409 e. The van der Waals surface area contributed by atoms with Gasteiger partial charge in [0.15, 0.2) is 11.6 Å². The Bertz CT molecular complexity index is 1130. The maximum absolute atomic E-state index is 14.8. The van der Waals surface area contributed by atoms with E-state index in [1.807, 2.05) is 6.92 Å². The highest BCUT2D eigenvalue weighted by Crippen LogP contribution is 2.34. The lowest BCUT2D eigenvalue weighted by molar-refractivity contribution is -0.0790. The highest BCUT2D eigenvalue weighted by atomic mass is 19.4. The minimum Gasteiger partial charge on any atom is -0.494 e. The summed E-state index contributed by atoms with van der Waals surface area (Å²) in [5.74, 6) is -4.67. The Balaban J connectivity index is 1.91. The van der Waals surface area contributed by atoms with Crippen molar-refractivity contribution in [2.75, 3.05) is 6.61 Å². The summed E-state index contributed by atoms with van der Waals surface area (Å²) in [6, 6.07) is 10.1. The lowest BCUT2D eigenvalue weighted by Gasteiger charge is -2.11. The van der Waals surface area contributed by atoms with Gasteiger partial charge in [-0.2, -0.15) is 13.2 Å². The predicted molar refractivity (Wildman–Crippen MR) is 113 cm³/mol. The van der Waals surface area contributed by atoms with Crippen LogP contribution in [-0.4, -0.2) is 12.8 Å². The van der Waals surface area contributed by atoms with Crippen molar-refractivity contribution in [3.8, 4) is 28.0 Å². The van der Waals surface area contributed by atoms with Gasteiger partial charge in [-0.05, 0) is 47.9 Å². The van der Waals surface area contributed by atoms with Crippen molar-refractivity contribution in [2.24, 2.45) is 0 Å². The van der Waals surface area contributed by atoms with Crippen LogP contribution in [0, 0.1) is 23.3 Å². The Hall–Kier alpha value is -3.29. The summed E-state index contributed by atoms with van der Waals surface area (Å²) in [6.45, 7) is 2.56. The Kier molecular flexibility index (Phi) is 7.46. The Morgan fingerprint density at radius 3 is 1.85 bits per heavy atom. The van der Waals surface area contributed by atoms with Gasteiger partial charge in [0.25, 0.3) is 0 Å². The zero-order valence-corrected chi connectivity index (χ0v) is 17.4. The largest absolute Gasteiger partial charge is 0.494 e. The quantitative estimate of drug-likeness (QED) is 0.250. The van der Waals surface area contributed by atoms with Crippen molar-refractivity contribution < 1.29 is 35.5 Å². The number of benzene rings is 3. The van der Waals surface area contributed by atoms with Crippen LogP contribution in [-0.2, 0) is 0 Å². The highest BCUT2D eigenvalue weighted by Gasteiger charge is 2.23. The summed E-state index contributed by atoms with van der Waals surface area (Å²) in [5, 5.41) is 0. The summed E-state index contributed by atoms with van der Waals surface area (Å²) < 4.78 is 100. The molecule has 33 heavy (non-hydrogen) atoms. The number of hydrogen-bond donors (Lipinski definition) is 0. The van der Waals surface area contributed by atoms with E-state index in [9.17, 15) is 30.7 Å². The zero-order chi connectivity index (χ0) is 24.2. The molecule has 0 aliphatic rings. The van der Waals surface area contributed by atoms with Gasteiger partial charge in [0.05, 0.1) is 6.61 Å². The summed E-state index contributed by atoms with van der Waals surface area (Å²) in [7, 11) is 0. The maximum Gasteiger partial charge on any atom is 0.409 e. The van der Waals surface area contributed by atoms with E-state index in [0.29, 0.717) is 30.1 Å². The van der Waals surface area contributed by atoms with Gasteiger partial charge in [-0.3, -0.25) is 0 Å². The highest BCUT2D eigenvalue weighted by molar-refractivity contribution is 5.73. The van der Waals surface area contributed by atoms with Crippen molar-refractivity contribution >= 4 is 6.08 Å². The number of alkyl halides is 3. The number of ether oxygens (including phenoxy) is 1. The van der Waals surface area contributed by atoms with E-state index in [-0.39, 0.29) is 23.3 Å². The van der Waals surface area contributed by atoms with Crippen molar-refractivity contribution in [1.29, 1.82) is 0 Å². The Morgan fingerprint density at radius 1 is 0.788 bits per heavy atom. The number of rotatable bonds is 7. The first-order valence-electron chi connectivity index (χ1n) is 10.1. The molecule has 0 aromatic heterocycles. The van der Waals surface area contributed by atoms with Gasteiger partial charge in [-0.15, -0.1) is 0 Å². The van der Waals surface area contributed by atoms with E-state index >= 15 is 0 Å². The molecule has 0 aliphatic heterocycles. The molecule has 0 saturated carbocycles. The van der Waals surface area contributed by atoms with E-state index < -0.39 is 40.6 Å². The van der Waals surface area contributed by atoms with E-state index in [0.717, 1.165) is 18.9 Å². The summed E-state index contributed by atoms with van der Waals surface area (Å²) in [4.78, 5) is 0. The van der Waals surface area contributed by atoms with Crippen molar-refractivity contribution in [1.82, 2.24) is 0 Å². The van der Waals surface area contributed by atoms with E-state index in [1.165, 1.54) is 6.07 Å². The Labute approximate surface area is 186 Å². The molecule has 3 aromatic carbocycles. The molecule has 0 amide bonds. The molecule has 1 nitrogen and oxygen atoms in total. The fourth-order valence-corrected chi connectivity index (χ4v) is 3.14. The molecule has 0 spiro atoms. The SMILES string of the molecule is CCCCOc1ccc(-c2ccc(-c3cc(F)c(C=CC(F)(F)F)c(F)c3)c(F)c2F)cc1. The van der Waals surface area contributed by atoms with Crippen LogP contribution < -0.4 is 4.74 Å². The number of halogens is 7. The molecule has 0 radical (unpaired) electrons. The average Bonchev–Trinajstić information content (AvgIpc) is 2.75.